The summed E-state index contributed by atoms with van der Waals surface area (Å²) in [5, 5.41) is 2.82. The largest absolute Gasteiger partial charge is 0.493 e. The predicted octanol–water partition coefficient (Wildman–Crippen LogP) is 2.19. The van der Waals surface area contributed by atoms with Crippen LogP contribution in [0.1, 0.15) is 28.9 Å². The fourth-order valence-corrected chi connectivity index (χ4v) is 2.19. The first-order valence-corrected chi connectivity index (χ1v) is 7.56. The number of amides is 2. The molecule has 0 aliphatic heterocycles. The van der Waals surface area contributed by atoms with Crippen LogP contribution in [0.25, 0.3) is 0 Å². The zero-order valence-electron chi connectivity index (χ0n) is 13.9. The Hall–Kier alpha value is -3.09. The molecule has 0 radical (unpaired) electrons. The average Bonchev–Trinajstić information content (AvgIpc) is 2.60. The molecule has 2 rings (SSSR count). The molecule has 6 nitrogen and oxygen atoms in total. The Bertz CT molecular complexity index is 762. The van der Waals surface area contributed by atoms with Gasteiger partial charge in [-0.05, 0) is 42.8 Å². The van der Waals surface area contributed by atoms with E-state index in [-0.39, 0.29) is 24.4 Å². The van der Waals surface area contributed by atoms with Crippen molar-refractivity contribution in [3.8, 4) is 11.5 Å². The van der Waals surface area contributed by atoms with Gasteiger partial charge in [0.25, 0.3) is 11.8 Å². The van der Waals surface area contributed by atoms with Crippen molar-refractivity contribution in [1.29, 1.82) is 0 Å². The highest BCUT2D eigenvalue weighted by atomic mass is 19.1. The van der Waals surface area contributed by atoms with Gasteiger partial charge >= 0.3 is 0 Å². The van der Waals surface area contributed by atoms with Crippen molar-refractivity contribution < 1.29 is 23.5 Å². The fraction of sp³-hybridized carbons (Fsp3) is 0.222. The minimum absolute atomic E-state index is 0.288. The molecule has 2 amide bonds. The molecule has 0 aromatic heterocycles. The van der Waals surface area contributed by atoms with E-state index in [9.17, 15) is 14.0 Å². The first-order valence-electron chi connectivity index (χ1n) is 7.56. The highest BCUT2D eigenvalue weighted by Crippen LogP contribution is 2.28. The van der Waals surface area contributed by atoms with Crippen molar-refractivity contribution in [2.24, 2.45) is 5.73 Å². The summed E-state index contributed by atoms with van der Waals surface area (Å²) in [6.07, 6.45) is 0. The Balaban J connectivity index is 2.10. The molecule has 0 heterocycles. The summed E-state index contributed by atoms with van der Waals surface area (Å²) in [5.74, 6) is -0.653. The lowest BCUT2D eigenvalue weighted by Crippen LogP contribution is -2.26. The van der Waals surface area contributed by atoms with Crippen molar-refractivity contribution >= 4 is 11.8 Å². The van der Waals surface area contributed by atoms with Crippen LogP contribution in [0.3, 0.4) is 0 Å². The minimum atomic E-state index is -0.614. The monoisotopic (exact) mass is 346 g/mol. The third kappa shape index (κ3) is 4.94. The SMILES string of the molecule is COc1cc(C(=O)N[C@@H](C)c2ccc(F)cc2)ccc1OCC(N)=O. The van der Waals surface area contributed by atoms with Gasteiger partial charge in [-0.15, -0.1) is 0 Å². The van der Waals surface area contributed by atoms with E-state index in [1.807, 2.05) is 0 Å². The predicted molar refractivity (Wildman–Crippen MR) is 90.0 cm³/mol. The third-order valence-corrected chi connectivity index (χ3v) is 3.51. The van der Waals surface area contributed by atoms with Gasteiger partial charge in [0.05, 0.1) is 13.2 Å². The number of nitrogens with one attached hydrogen (secondary N) is 1. The number of primary amides is 1. The van der Waals surface area contributed by atoms with Gasteiger partial charge in [-0.2, -0.15) is 0 Å². The number of methoxy groups -OCH3 is 1. The van der Waals surface area contributed by atoms with Crippen molar-refractivity contribution in [3.05, 3.63) is 59.4 Å². The maximum Gasteiger partial charge on any atom is 0.255 e. The molecule has 0 fully saturated rings. The smallest absolute Gasteiger partial charge is 0.255 e. The third-order valence-electron chi connectivity index (χ3n) is 3.51. The number of ether oxygens (including phenoxy) is 2. The number of carbonyl (C=O) groups excluding carboxylic acids is 2. The molecule has 132 valence electrons. The molecule has 0 spiro atoms. The maximum absolute atomic E-state index is 13.0. The van der Waals surface area contributed by atoms with Crippen LogP contribution in [0, 0.1) is 5.82 Å². The lowest BCUT2D eigenvalue weighted by Gasteiger charge is -2.15. The van der Waals surface area contributed by atoms with E-state index < -0.39 is 5.91 Å². The van der Waals surface area contributed by atoms with Gasteiger partial charge in [0.2, 0.25) is 0 Å². The van der Waals surface area contributed by atoms with E-state index in [2.05, 4.69) is 5.32 Å². The van der Waals surface area contributed by atoms with Gasteiger partial charge in [-0.3, -0.25) is 9.59 Å². The molecule has 2 aromatic rings. The molecule has 2 aromatic carbocycles. The van der Waals surface area contributed by atoms with E-state index in [4.69, 9.17) is 15.2 Å². The van der Waals surface area contributed by atoms with Crippen LogP contribution in [0.2, 0.25) is 0 Å². The van der Waals surface area contributed by atoms with Crippen molar-refractivity contribution in [2.75, 3.05) is 13.7 Å². The summed E-state index contributed by atoms with van der Waals surface area (Å²) in [5.41, 5.74) is 6.18. The Labute approximate surface area is 144 Å². The van der Waals surface area contributed by atoms with Crippen LogP contribution in [0.4, 0.5) is 4.39 Å². The van der Waals surface area contributed by atoms with Crippen LogP contribution in [-0.2, 0) is 4.79 Å². The van der Waals surface area contributed by atoms with E-state index in [1.54, 1.807) is 25.1 Å². The molecular formula is C18H19FN2O4. The van der Waals surface area contributed by atoms with E-state index >= 15 is 0 Å². The summed E-state index contributed by atoms with van der Waals surface area (Å²) < 4.78 is 23.4. The summed E-state index contributed by atoms with van der Waals surface area (Å²) in [7, 11) is 1.43. The second-order valence-corrected chi connectivity index (χ2v) is 5.37. The molecule has 1 atom stereocenters. The number of hydrogen-bond acceptors (Lipinski definition) is 4. The minimum Gasteiger partial charge on any atom is -0.493 e. The van der Waals surface area contributed by atoms with Crippen molar-refractivity contribution in [3.63, 3.8) is 0 Å². The van der Waals surface area contributed by atoms with Gasteiger partial charge in [-0.1, -0.05) is 12.1 Å². The number of nitrogens with two attached hydrogens (primary N) is 1. The quantitative estimate of drug-likeness (QED) is 0.804. The van der Waals surface area contributed by atoms with Crippen LogP contribution < -0.4 is 20.5 Å². The van der Waals surface area contributed by atoms with Crippen LogP contribution in [-0.4, -0.2) is 25.5 Å². The average molecular weight is 346 g/mol. The topological polar surface area (TPSA) is 90.7 Å². The molecule has 7 heteroatoms. The van der Waals surface area contributed by atoms with Crippen LogP contribution in [0.5, 0.6) is 11.5 Å². The van der Waals surface area contributed by atoms with Crippen LogP contribution >= 0.6 is 0 Å². The normalized spacial score (nSPS) is 11.5. The second-order valence-electron chi connectivity index (χ2n) is 5.37. The molecule has 0 saturated heterocycles. The van der Waals surface area contributed by atoms with E-state index in [0.717, 1.165) is 5.56 Å². The van der Waals surface area contributed by atoms with Crippen molar-refractivity contribution in [1.82, 2.24) is 5.32 Å². The fourth-order valence-electron chi connectivity index (χ4n) is 2.19. The van der Waals surface area contributed by atoms with E-state index in [1.165, 1.54) is 31.4 Å². The summed E-state index contributed by atoms with van der Waals surface area (Å²) in [6.45, 7) is 1.51. The Morgan fingerprint density at radius 2 is 1.84 bits per heavy atom. The zero-order valence-corrected chi connectivity index (χ0v) is 13.9. The Kier molecular flexibility index (Phi) is 5.94. The zero-order chi connectivity index (χ0) is 18.4. The molecule has 0 saturated carbocycles. The highest BCUT2D eigenvalue weighted by Gasteiger charge is 2.15. The van der Waals surface area contributed by atoms with Gasteiger partial charge in [0, 0.05) is 5.56 Å². The van der Waals surface area contributed by atoms with Gasteiger partial charge in [0.15, 0.2) is 18.1 Å². The first kappa shape index (κ1) is 18.3. The number of halogens is 1. The summed E-state index contributed by atoms with van der Waals surface area (Å²) in [4.78, 5) is 23.2. The molecular weight excluding hydrogens is 327 g/mol. The Morgan fingerprint density at radius 3 is 2.44 bits per heavy atom. The lowest BCUT2D eigenvalue weighted by molar-refractivity contribution is -0.119. The first-order chi connectivity index (χ1) is 11.9. The number of hydrogen-bond donors (Lipinski definition) is 2. The molecule has 0 aliphatic rings. The van der Waals surface area contributed by atoms with Crippen LogP contribution in [0.15, 0.2) is 42.5 Å². The second kappa shape index (κ2) is 8.14. The van der Waals surface area contributed by atoms with Gasteiger partial charge in [-0.25, -0.2) is 4.39 Å². The van der Waals surface area contributed by atoms with Crippen molar-refractivity contribution in [2.45, 2.75) is 13.0 Å². The van der Waals surface area contributed by atoms with Gasteiger partial charge < -0.3 is 20.5 Å². The molecule has 0 bridgehead atoms. The lowest BCUT2D eigenvalue weighted by atomic mass is 10.1. The molecule has 0 aliphatic carbocycles. The van der Waals surface area contributed by atoms with Gasteiger partial charge in [0.1, 0.15) is 5.82 Å². The number of benzene rings is 2. The number of rotatable bonds is 7. The number of carbonyl (C=O) groups is 2. The molecule has 3 N–H and O–H groups in total. The summed E-state index contributed by atoms with van der Waals surface area (Å²) in [6, 6.07) is 10.2. The molecule has 25 heavy (non-hydrogen) atoms. The Morgan fingerprint density at radius 1 is 1.16 bits per heavy atom. The highest BCUT2D eigenvalue weighted by molar-refractivity contribution is 5.95. The molecule has 0 unspecified atom stereocenters. The maximum atomic E-state index is 13.0. The summed E-state index contributed by atoms with van der Waals surface area (Å²) >= 11 is 0. The standard InChI is InChI=1S/C18H19FN2O4/c1-11(12-3-6-14(19)7-4-12)21-18(23)13-5-8-15(16(9-13)24-2)25-10-17(20)22/h3-9,11H,10H2,1-2H3,(H2,20,22)(H,21,23)/t11-/m0/s1. The van der Waals surface area contributed by atoms with E-state index in [0.29, 0.717) is 17.1 Å².